The summed E-state index contributed by atoms with van der Waals surface area (Å²) in [6.45, 7) is 10.5. The van der Waals surface area contributed by atoms with Crippen molar-refractivity contribution in [3.8, 4) is 0 Å². The lowest BCUT2D eigenvalue weighted by Gasteiger charge is -2.29. The van der Waals surface area contributed by atoms with Crippen LogP contribution in [-0.2, 0) is 4.79 Å². The van der Waals surface area contributed by atoms with Gasteiger partial charge in [0.25, 0.3) is 11.8 Å². The van der Waals surface area contributed by atoms with Gasteiger partial charge in [0.2, 0.25) is 0 Å². The Morgan fingerprint density at radius 3 is 2.24 bits per heavy atom. The van der Waals surface area contributed by atoms with E-state index in [0.29, 0.717) is 12.1 Å². The maximum atomic E-state index is 12.2. The van der Waals surface area contributed by atoms with Gasteiger partial charge in [-0.25, -0.2) is 0 Å². The minimum Gasteiger partial charge on any atom is -0.372 e. The summed E-state index contributed by atoms with van der Waals surface area (Å²) < 4.78 is 0. The van der Waals surface area contributed by atoms with Gasteiger partial charge < -0.3 is 4.90 Å². The van der Waals surface area contributed by atoms with Crippen LogP contribution in [0.4, 0.5) is 5.69 Å². The average Bonchev–Trinajstić information content (AvgIpc) is 2.63. The van der Waals surface area contributed by atoms with Crippen LogP contribution >= 0.6 is 0 Å². The monoisotopic (exact) mass is 346 g/mol. The molecule has 0 aromatic heterocycles. The first-order valence-electron chi connectivity index (χ1n) is 9.20. The quantitative estimate of drug-likeness (QED) is 0.774. The van der Waals surface area contributed by atoms with Crippen LogP contribution in [0, 0.1) is 5.92 Å². The molecule has 1 heterocycles. The van der Waals surface area contributed by atoms with E-state index in [0.717, 1.165) is 50.6 Å². The van der Waals surface area contributed by atoms with Crippen molar-refractivity contribution in [2.75, 3.05) is 37.6 Å². The number of likely N-dealkylation sites (tertiary alicyclic amines) is 1. The molecule has 1 saturated heterocycles. The van der Waals surface area contributed by atoms with Crippen molar-refractivity contribution in [3.05, 3.63) is 29.8 Å². The van der Waals surface area contributed by atoms with Gasteiger partial charge in [-0.3, -0.25) is 25.3 Å². The number of anilines is 1. The predicted molar refractivity (Wildman–Crippen MR) is 100 cm³/mol. The zero-order valence-corrected chi connectivity index (χ0v) is 15.5. The molecule has 1 aromatic carbocycles. The van der Waals surface area contributed by atoms with Crippen LogP contribution in [0.3, 0.4) is 0 Å². The van der Waals surface area contributed by atoms with Crippen molar-refractivity contribution in [2.24, 2.45) is 5.92 Å². The molecule has 0 unspecified atom stereocenters. The number of nitrogens with zero attached hydrogens (tertiary/aromatic N) is 2. The molecule has 2 amide bonds. The lowest BCUT2D eigenvalue weighted by atomic mass is 9.99. The van der Waals surface area contributed by atoms with Crippen LogP contribution in [0.5, 0.6) is 0 Å². The normalized spacial score (nSPS) is 15.6. The van der Waals surface area contributed by atoms with Crippen molar-refractivity contribution < 1.29 is 9.59 Å². The van der Waals surface area contributed by atoms with Crippen LogP contribution in [0.15, 0.2) is 24.3 Å². The minimum absolute atomic E-state index is 0.178. The van der Waals surface area contributed by atoms with E-state index in [-0.39, 0.29) is 11.8 Å². The molecule has 25 heavy (non-hydrogen) atoms. The summed E-state index contributed by atoms with van der Waals surface area (Å²) in [5.74, 6) is 0.257. The number of hydrogen-bond acceptors (Lipinski definition) is 4. The minimum atomic E-state index is -0.299. The third kappa shape index (κ3) is 5.74. The van der Waals surface area contributed by atoms with Gasteiger partial charge in [0.1, 0.15) is 0 Å². The maximum absolute atomic E-state index is 12.2. The van der Waals surface area contributed by atoms with Crippen LogP contribution < -0.4 is 15.8 Å². The van der Waals surface area contributed by atoms with E-state index in [1.165, 1.54) is 0 Å². The summed E-state index contributed by atoms with van der Waals surface area (Å²) in [7, 11) is 0. The molecule has 0 radical (unpaired) electrons. The molecule has 1 aromatic rings. The molecule has 2 N–H and O–H groups in total. The van der Waals surface area contributed by atoms with Crippen molar-refractivity contribution in [2.45, 2.75) is 33.6 Å². The largest absolute Gasteiger partial charge is 0.372 e. The SMILES string of the molecule is CCN(CC)c1ccc(C(=O)NNC(=O)CN2CCC(C)CC2)cc1. The third-order valence-electron chi connectivity index (χ3n) is 4.82. The number of piperidine rings is 1. The Hall–Kier alpha value is -2.08. The summed E-state index contributed by atoms with van der Waals surface area (Å²) in [6.07, 6.45) is 2.25. The van der Waals surface area contributed by atoms with E-state index in [1.807, 2.05) is 12.1 Å². The molecular weight excluding hydrogens is 316 g/mol. The van der Waals surface area contributed by atoms with Crippen molar-refractivity contribution >= 4 is 17.5 Å². The van der Waals surface area contributed by atoms with E-state index >= 15 is 0 Å². The van der Waals surface area contributed by atoms with Gasteiger partial charge >= 0.3 is 0 Å². The molecule has 1 fully saturated rings. The first-order chi connectivity index (χ1) is 12.0. The number of carbonyl (C=O) groups excluding carboxylic acids is 2. The Morgan fingerprint density at radius 1 is 1.08 bits per heavy atom. The van der Waals surface area contributed by atoms with E-state index in [9.17, 15) is 9.59 Å². The molecule has 0 bridgehead atoms. The third-order valence-corrected chi connectivity index (χ3v) is 4.82. The Labute approximate surface area is 150 Å². The van der Waals surface area contributed by atoms with Crippen LogP contribution in [0.2, 0.25) is 0 Å². The predicted octanol–water partition coefficient (Wildman–Crippen LogP) is 2.03. The fraction of sp³-hybridized carbons (Fsp3) is 0.579. The Morgan fingerprint density at radius 2 is 1.68 bits per heavy atom. The Balaban J connectivity index is 1.78. The highest BCUT2D eigenvalue weighted by atomic mass is 16.2. The lowest BCUT2D eigenvalue weighted by Crippen LogP contribution is -2.47. The van der Waals surface area contributed by atoms with E-state index in [2.05, 4.69) is 41.4 Å². The van der Waals surface area contributed by atoms with Gasteiger partial charge in [-0.05, 0) is 70.0 Å². The van der Waals surface area contributed by atoms with Gasteiger partial charge in [-0.1, -0.05) is 6.92 Å². The van der Waals surface area contributed by atoms with Crippen molar-refractivity contribution in [1.82, 2.24) is 15.8 Å². The molecule has 1 aliphatic heterocycles. The molecule has 138 valence electrons. The standard InChI is InChI=1S/C19H30N4O2/c1-4-23(5-2)17-8-6-16(7-9-17)19(25)21-20-18(24)14-22-12-10-15(3)11-13-22/h6-9,15H,4-5,10-14H2,1-3H3,(H,20,24)(H,21,25). The van der Waals surface area contributed by atoms with E-state index in [1.54, 1.807) is 12.1 Å². The average molecular weight is 346 g/mol. The highest BCUT2D eigenvalue weighted by Crippen LogP contribution is 2.16. The van der Waals surface area contributed by atoms with Crippen LogP contribution in [-0.4, -0.2) is 49.4 Å². The second-order valence-electron chi connectivity index (χ2n) is 6.68. The second kappa shape index (κ2) is 9.42. The number of nitrogens with one attached hydrogen (secondary N) is 2. The van der Waals surface area contributed by atoms with Gasteiger partial charge in [0.05, 0.1) is 6.54 Å². The maximum Gasteiger partial charge on any atom is 0.269 e. The lowest BCUT2D eigenvalue weighted by molar-refractivity contribution is -0.123. The number of amides is 2. The number of hydrazine groups is 1. The van der Waals surface area contributed by atoms with Gasteiger partial charge in [-0.15, -0.1) is 0 Å². The number of benzene rings is 1. The highest BCUT2D eigenvalue weighted by molar-refractivity contribution is 5.95. The summed E-state index contributed by atoms with van der Waals surface area (Å²) in [4.78, 5) is 28.5. The van der Waals surface area contributed by atoms with E-state index in [4.69, 9.17) is 0 Å². The molecule has 6 nitrogen and oxygen atoms in total. The molecule has 6 heteroatoms. The zero-order chi connectivity index (χ0) is 18.2. The first kappa shape index (κ1) is 19.2. The van der Waals surface area contributed by atoms with Crippen LogP contribution in [0.1, 0.15) is 44.0 Å². The molecule has 0 spiro atoms. The Kier molecular flexibility index (Phi) is 7.25. The molecule has 0 aliphatic carbocycles. The smallest absolute Gasteiger partial charge is 0.269 e. The number of carbonyl (C=O) groups is 2. The highest BCUT2D eigenvalue weighted by Gasteiger charge is 2.18. The summed E-state index contributed by atoms with van der Waals surface area (Å²) in [5.41, 5.74) is 6.62. The second-order valence-corrected chi connectivity index (χ2v) is 6.68. The molecule has 0 atom stereocenters. The van der Waals surface area contributed by atoms with Gasteiger partial charge in [0.15, 0.2) is 0 Å². The zero-order valence-electron chi connectivity index (χ0n) is 15.5. The van der Waals surface area contributed by atoms with Gasteiger partial charge in [0, 0.05) is 24.3 Å². The molecular formula is C19H30N4O2. The topological polar surface area (TPSA) is 64.7 Å². The fourth-order valence-corrected chi connectivity index (χ4v) is 3.07. The van der Waals surface area contributed by atoms with Crippen LogP contribution in [0.25, 0.3) is 0 Å². The fourth-order valence-electron chi connectivity index (χ4n) is 3.07. The number of hydrogen-bond donors (Lipinski definition) is 2. The number of rotatable bonds is 6. The molecule has 2 rings (SSSR count). The first-order valence-corrected chi connectivity index (χ1v) is 9.20. The molecule has 1 aliphatic rings. The summed E-state index contributed by atoms with van der Waals surface area (Å²) in [5, 5.41) is 0. The van der Waals surface area contributed by atoms with Crippen molar-refractivity contribution in [3.63, 3.8) is 0 Å². The Bertz CT molecular complexity index is 561. The van der Waals surface area contributed by atoms with Gasteiger partial charge in [-0.2, -0.15) is 0 Å². The van der Waals surface area contributed by atoms with E-state index < -0.39 is 0 Å². The van der Waals surface area contributed by atoms with Crippen molar-refractivity contribution in [1.29, 1.82) is 0 Å². The molecule has 0 saturated carbocycles. The summed E-state index contributed by atoms with van der Waals surface area (Å²) in [6, 6.07) is 7.42. The summed E-state index contributed by atoms with van der Waals surface area (Å²) >= 11 is 0.